The molecule has 0 spiro atoms. The first-order chi connectivity index (χ1) is 18.7. The summed E-state index contributed by atoms with van der Waals surface area (Å²) in [4.78, 5) is 5.66. The molecule has 2 N–H and O–H groups in total. The van der Waals surface area contributed by atoms with E-state index in [4.69, 9.17) is 12.2 Å². The number of nitrogens with one attached hydrogen (secondary N) is 2. The maximum atomic E-state index is 12.5. The molecule has 5 aromatic rings. The fourth-order valence-electron chi connectivity index (χ4n) is 4.20. The summed E-state index contributed by atoms with van der Waals surface area (Å²) in [5, 5.41) is 9.79. The number of alkyl halides is 3. The summed E-state index contributed by atoms with van der Waals surface area (Å²) in [6, 6.07) is 21.5. The number of halogens is 3. The van der Waals surface area contributed by atoms with Crippen molar-refractivity contribution < 1.29 is 17.9 Å². The molecule has 1 aromatic heterocycles. The predicted octanol–water partition coefficient (Wildman–Crippen LogP) is 7.43. The van der Waals surface area contributed by atoms with Gasteiger partial charge in [0.25, 0.3) is 0 Å². The van der Waals surface area contributed by atoms with Crippen molar-refractivity contribution in [3.05, 3.63) is 90.3 Å². The topological polar surface area (TPSA) is 63.5 Å². The van der Waals surface area contributed by atoms with Crippen molar-refractivity contribution in [3.63, 3.8) is 0 Å². The maximum absolute atomic E-state index is 12.5. The molecule has 1 heterocycles. The molecular weight excluding hydrogens is 543 g/mol. The largest absolute Gasteiger partial charge is 0.573 e. The third-order valence-corrected chi connectivity index (χ3v) is 6.95. The molecule has 0 radical (unpaired) electrons. The Morgan fingerprint density at radius 1 is 1.08 bits per heavy atom. The van der Waals surface area contributed by atoms with Gasteiger partial charge in [-0.15, -0.1) is 24.9 Å². The number of fused-ring (bicyclic) bond motifs is 3. The van der Waals surface area contributed by atoms with Crippen LogP contribution in [0.15, 0.2) is 89.1 Å². The van der Waals surface area contributed by atoms with Crippen molar-refractivity contribution in [2.45, 2.75) is 18.2 Å². The average Bonchev–Trinajstić information content (AvgIpc) is 3.34. The molecular formula is C28H22F3N5OS2. The quantitative estimate of drug-likeness (QED) is 0.0967. The maximum Gasteiger partial charge on any atom is 0.573 e. The second-order valence-corrected chi connectivity index (χ2v) is 9.80. The van der Waals surface area contributed by atoms with Gasteiger partial charge in [0.1, 0.15) is 12.1 Å². The van der Waals surface area contributed by atoms with Crippen LogP contribution in [0.1, 0.15) is 11.1 Å². The Kier molecular flexibility index (Phi) is 7.45. The van der Waals surface area contributed by atoms with Gasteiger partial charge in [-0.25, -0.2) is 4.98 Å². The van der Waals surface area contributed by atoms with Gasteiger partial charge in [-0.05, 0) is 84.4 Å². The standard InChI is InChI=1S/C28H22F3N5OS2/c1-17-4-3-5-24(39-2)25(17)34-27(38)35-33-15-18-6-12-22-19(14-18)7-13-23-26(22)32-16-36(23)20-8-10-21(11-9-20)37-28(29,30)31/h3-16H,1-2H3,(H2,34,35,38)/b33-15+. The number of ether oxygens (including phenoxy) is 1. The summed E-state index contributed by atoms with van der Waals surface area (Å²) in [6.07, 6.45) is 0.618. The highest BCUT2D eigenvalue weighted by Crippen LogP contribution is 2.30. The number of hydrogen-bond acceptors (Lipinski definition) is 5. The molecule has 198 valence electrons. The van der Waals surface area contributed by atoms with Gasteiger partial charge >= 0.3 is 6.36 Å². The van der Waals surface area contributed by atoms with Gasteiger partial charge in [-0.1, -0.05) is 30.3 Å². The van der Waals surface area contributed by atoms with Crippen molar-refractivity contribution in [3.8, 4) is 11.4 Å². The van der Waals surface area contributed by atoms with Crippen molar-refractivity contribution in [2.75, 3.05) is 11.6 Å². The molecule has 0 aliphatic carbocycles. The number of aryl methyl sites for hydroxylation is 1. The molecule has 0 aliphatic rings. The van der Waals surface area contributed by atoms with Crippen molar-refractivity contribution in [1.29, 1.82) is 0 Å². The van der Waals surface area contributed by atoms with Gasteiger partial charge in [0.2, 0.25) is 0 Å². The van der Waals surface area contributed by atoms with Crippen LogP contribution in [0.25, 0.3) is 27.5 Å². The molecule has 0 aliphatic heterocycles. The lowest BCUT2D eigenvalue weighted by Gasteiger charge is -2.13. The van der Waals surface area contributed by atoms with E-state index >= 15 is 0 Å². The minimum Gasteiger partial charge on any atom is -0.406 e. The van der Waals surface area contributed by atoms with E-state index in [2.05, 4.69) is 25.6 Å². The third-order valence-electron chi connectivity index (χ3n) is 5.98. The van der Waals surface area contributed by atoms with E-state index in [-0.39, 0.29) is 5.75 Å². The number of nitrogens with zero attached hydrogens (tertiary/aromatic N) is 3. The van der Waals surface area contributed by atoms with Gasteiger partial charge in [0.05, 0.1) is 22.9 Å². The molecule has 0 amide bonds. The number of hydrazone groups is 1. The molecule has 39 heavy (non-hydrogen) atoms. The van der Waals surface area contributed by atoms with E-state index in [1.54, 1.807) is 36.4 Å². The van der Waals surface area contributed by atoms with Crippen LogP contribution in [0.4, 0.5) is 18.9 Å². The van der Waals surface area contributed by atoms with Crippen LogP contribution in [0, 0.1) is 6.92 Å². The fourth-order valence-corrected chi connectivity index (χ4v) is 4.99. The molecule has 5 rings (SSSR count). The Bertz CT molecular complexity index is 1700. The van der Waals surface area contributed by atoms with Gasteiger partial charge in [-0.3, -0.25) is 9.99 Å². The van der Waals surface area contributed by atoms with E-state index in [9.17, 15) is 13.2 Å². The van der Waals surface area contributed by atoms with E-state index in [0.29, 0.717) is 10.8 Å². The van der Waals surface area contributed by atoms with Crippen LogP contribution in [0.3, 0.4) is 0 Å². The molecule has 4 aromatic carbocycles. The lowest BCUT2D eigenvalue weighted by atomic mass is 10.1. The summed E-state index contributed by atoms with van der Waals surface area (Å²) in [5.41, 5.74) is 8.05. The molecule has 0 unspecified atom stereocenters. The van der Waals surface area contributed by atoms with E-state index in [0.717, 1.165) is 43.5 Å². The molecule has 0 fully saturated rings. The van der Waals surface area contributed by atoms with E-state index < -0.39 is 6.36 Å². The van der Waals surface area contributed by atoms with Crippen molar-refractivity contribution >= 4 is 62.8 Å². The van der Waals surface area contributed by atoms with E-state index in [1.807, 2.05) is 66.3 Å². The van der Waals surface area contributed by atoms with Gasteiger partial charge in [-0.2, -0.15) is 5.10 Å². The highest BCUT2D eigenvalue weighted by atomic mass is 32.2. The van der Waals surface area contributed by atoms with Crippen LogP contribution in [-0.2, 0) is 0 Å². The lowest BCUT2D eigenvalue weighted by molar-refractivity contribution is -0.274. The van der Waals surface area contributed by atoms with Crippen molar-refractivity contribution in [1.82, 2.24) is 15.0 Å². The third kappa shape index (κ3) is 5.99. The number of thioether (sulfide) groups is 1. The van der Waals surface area contributed by atoms with Crippen LogP contribution in [-0.4, -0.2) is 33.5 Å². The molecule has 0 saturated carbocycles. The zero-order chi connectivity index (χ0) is 27.6. The van der Waals surface area contributed by atoms with Gasteiger partial charge < -0.3 is 10.1 Å². The van der Waals surface area contributed by atoms with Crippen molar-refractivity contribution in [2.24, 2.45) is 5.10 Å². The molecule has 0 saturated heterocycles. The molecule has 0 atom stereocenters. The zero-order valence-electron chi connectivity index (χ0n) is 20.8. The fraction of sp³-hybridized carbons (Fsp3) is 0.107. The second-order valence-electron chi connectivity index (χ2n) is 8.55. The first-order valence-corrected chi connectivity index (χ1v) is 13.3. The Labute approximate surface area is 231 Å². The molecule has 0 bridgehead atoms. The summed E-state index contributed by atoms with van der Waals surface area (Å²) in [6.45, 7) is 2.02. The summed E-state index contributed by atoms with van der Waals surface area (Å²) in [7, 11) is 0. The number of imidazole rings is 1. The van der Waals surface area contributed by atoms with Crippen LogP contribution < -0.4 is 15.5 Å². The van der Waals surface area contributed by atoms with Crippen LogP contribution >= 0.6 is 24.0 Å². The van der Waals surface area contributed by atoms with Gasteiger partial charge in [0, 0.05) is 16.0 Å². The monoisotopic (exact) mass is 565 g/mol. The van der Waals surface area contributed by atoms with Crippen LogP contribution in [0.2, 0.25) is 0 Å². The first-order valence-electron chi connectivity index (χ1n) is 11.7. The highest BCUT2D eigenvalue weighted by Gasteiger charge is 2.31. The first kappa shape index (κ1) is 26.5. The number of para-hydroxylation sites is 1. The normalized spacial score (nSPS) is 11.8. The minimum absolute atomic E-state index is 0.277. The summed E-state index contributed by atoms with van der Waals surface area (Å²) >= 11 is 7.05. The minimum atomic E-state index is -4.73. The number of hydrogen-bond donors (Lipinski definition) is 2. The van der Waals surface area contributed by atoms with E-state index in [1.165, 1.54) is 12.1 Å². The van der Waals surface area contributed by atoms with Gasteiger partial charge in [0.15, 0.2) is 5.11 Å². The number of thiocarbonyl (C=S) groups is 1. The second kappa shape index (κ2) is 11.0. The zero-order valence-corrected chi connectivity index (χ0v) is 22.4. The number of aromatic nitrogens is 2. The number of benzene rings is 4. The smallest absolute Gasteiger partial charge is 0.406 e. The predicted molar refractivity (Wildman–Crippen MR) is 155 cm³/mol. The Balaban J connectivity index is 1.32. The molecule has 6 nitrogen and oxygen atoms in total. The SMILES string of the molecule is CSc1cccc(C)c1NC(=S)N/N=C/c1ccc2c(ccc3c2ncn3-c2ccc(OC(F)(F)F)cc2)c1. The average molecular weight is 566 g/mol. The Morgan fingerprint density at radius 2 is 1.87 bits per heavy atom. The van der Waals surface area contributed by atoms with Crippen LogP contribution in [0.5, 0.6) is 5.75 Å². The summed E-state index contributed by atoms with van der Waals surface area (Å²) < 4.78 is 43.2. The molecule has 11 heteroatoms. The number of rotatable bonds is 6. The lowest BCUT2D eigenvalue weighted by Crippen LogP contribution is -2.24. The Hall–Kier alpha value is -4.09. The highest BCUT2D eigenvalue weighted by molar-refractivity contribution is 7.98. The Morgan fingerprint density at radius 3 is 2.62 bits per heavy atom. The number of anilines is 1. The summed E-state index contributed by atoms with van der Waals surface area (Å²) in [5.74, 6) is -0.277.